The molecule has 1 atom stereocenters. The van der Waals surface area contributed by atoms with Crippen molar-refractivity contribution in [2.45, 2.75) is 72.1 Å². The molecule has 0 aliphatic heterocycles. The SMILES string of the molecule is CCCCN(C(=O)CNC(=O)OC(C)(C)C)C(C(=O)NCc1ccccc1)c1ccc(CC)cc1. The molecule has 3 amide bonds. The van der Waals surface area contributed by atoms with Crippen LogP contribution in [-0.4, -0.2) is 41.5 Å². The molecule has 190 valence electrons. The molecule has 35 heavy (non-hydrogen) atoms. The number of ether oxygens (including phenoxy) is 1. The molecule has 0 bridgehead atoms. The first-order chi connectivity index (χ1) is 16.6. The minimum absolute atomic E-state index is 0.256. The number of nitrogens with one attached hydrogen (secondary N) is 2. The Morgan fingerprint density at radius 2 is 1.57 bits per heavy atom. The van der Waals surface area contributed by atoms with E-state index in [2.05, 4.69) is 17.6 Å². The van der Waals surface area contributed by atoms with Crippen LogP contribution < -0.4 is 10.6 Å². The molecule has 0 fully saturated rings. The van der Waals surface area contributed by atoms with Crippen molar-refractivity contribution in [1.29, 1.82) is 0 Å². The van der Waals surface area contributed by atoms with Gasteiger partial charge in [-0.15, -0.1) is 0 Å². The topological polar surface area (TPSA) is 87.7 Å². The summed E-state index contributed by atoms with van der Waals surface area (Å²) in [6.45, 7) is 9.87. The molecule has 2 aromatic rings. The van der Waals surface area contributed by atoms with E-state index in [1.165, 1.54) is 0 Å². The summed E-state index contributed by atoms with van der Waals surface area (Å²) < 4.78 is 5.25. The van der Waals surface area contributed by atoms with Gasteiger partial charge in [-0.3, -0.25) is 9.59 Å². The summed E-state index contributed by atoms with van der Waals surface area (Å²) in [5.74, 6) is -0.608. The van der Waals surface area contributed by atoms with Crippen LogP contribution in [0.4, 0.5) is 4.79 Å². The smallest absolute Gasteiger partial charge is 0.408 e. The van der Waals surface area contributed by atoms with E-state index in [4.69, 9.17) is 4.74 Å². The lowest BCUT2D eigenvalue weighted by atomic mass is 10.0. The lowest BCUT2D eigenvalue weighted by Crippen LogP contribution is -2.48. The molecule has 2 N–H and O–H groups in total. The fraction of sp³-hybridized carbons (Fsp3) is 0.464. The summed E-state index contributed by atoms with van der Waals surface area (Å²) in [4.78, 5) is 40.5. The third-order valence-electron chi connectivity index (χ3n) is 5.43. The van der Waals surface area contributed by atoms with E-state index >= 15 is 0 Å². The number of aryl methyl sites for hydroxylation is 1. The van der Waals surface area contributed by atoms with Gasteiger partial charge in [-0.1, -0.05) is 74.9 Å². The number of alkyl carbamates (subject to hydrolysis) is 1. The average Bonchev–Trinajstić information content (AvgIpc) is 2.83. The number of benzene rings is 2. The molecule has 7 nitrogen and oxygen atoms in total. The highest BCUT2D eigenvalue weighted by Crippen LogP contribution is 2.23. The van der Waals surface area contributed by atoms with Gasteiger partial charge in [-0.25, -0.2) is 4.79 Å². The minimum Gasteiger partial charge on any atom is -0.444 e. The minimum atomic E-state index is -0.816. The van der Waals surface area contributed by atoms with Crippen LogP contribution in [0, 0.1) is 0 Å². The third-order valence-corrected chi connectivity index (χ3v) is 5.43. The summed E-state index contributed by atoms with van der Waals surface area (Å²) in [7, 11) is 0. The number of hydrogen-bond donors (Lipinski definition) is 2. The van der Waals surface area contributed by atoms with Crippen LogP contribution in [-0.2, 0) is 27.3 Å². The van der Waals surface area contributed by atoms with E-state index in [1.807, 2.05) is 61.5 Å². The van der Waals surface area contributed by atoms with Crippen LogP contribution in [0.5, 0.6) is 0 Å². The number of carbonyl (C=O) groups is 3. The average molecular weight is 482 g/mol. The van der Waals surface area contributed by atoms with Crippen molar-refractivity contribution in [2.24, 2.45) is 0 Å². The Bertz CT molecular complexity index is 952. The maximum Gasteiger partial charge on any atom is 0.408 e. The van der Waals surface area contributed by atoms with Crippen LogP contribution >= 0.6 is 0 Å². The lowest BCUT2D eigenvalue weighted by Gasteiger charge is -2.32. The number of amides is 3. The molecule has 2 aromatic carbocycles. The molecule has 0 heterocycles. The first-order valence-corrected chi connectivity index (χ1v) is 12.3. The first kappa shape index (κ1) is 27.9. The van der Waals surface area contributed by atoms with Crippen LogP contribution in [0.3, 0.4) is 0 Å². The van der Waals surface area contributed by atoms with Gasteiger partial charge in [0, 0.05) is 13.1 Å². The van der Waals surface area contributed by atoms with Crippen LogP contribution in [0.15, 0.2) is 54.6 Å². The number of rotatable bonds is 11. The fourth-order valence-corrected chi connectivity index (χ4v) is 3.58. The Hall–Kier alpha value is -3.35. The van der Waals surface area contributed by atoms with Gasteiger partial charge < -0.3 is 20.3 Å². The van der Waals surface area contributed by atoms with E-state index in [-0.39, 0.29) is 18.4 Å². The van der Waals surface area contributed by atoms with Crippen molar-refractivity contribution in [3.8, 4) is 0 Å². The highest BCUT2D eigenvalue weighted by Gasteiger charge is 2.31. The van der Waals surface area contributed by atoms with E-state index in [0.717, 1.165) is 36.0 Å². The molecular formula is C28H39N3O4. The molecule has 0 spiro atoms. The largest absolute Gasteiger partial charge is 0.444 e. The van der Waals surface area contributed by atoms with E-state index < -0.39 is 17.7 Å². The van der Waals surface area contributed by atoms with Crippen LogP contribution in [0.25, 0.3) is 0 Å². The lowest BCUT2D eigenvalue weighted by molar-refractivity contribution is -0.140. The number of unbranched alkanes of at least 4 members (excludes halogenated alkanes) is 1. The van der Waals surface area contributed by atoms with Gasteiger partial charge in [0.25, 0.3) is 0 Å². The predicted octanol–water partition coefficient (Wildman–Crippen LogP) is 4.76. The number of hydrogen-bond acceptors (Lipinski definition) is 4. The quantitative estimate of drug-likeness (QED) is 0.484. The molecule has 2 rings (SSSR count). The van der Waals surface area contributed by atoms with Crippen LogP contribution in [0.2, 0.25) is 0 Å². The molecular weight excluding hydrogens is 442 g/mol. The summed E-state index contributed by atoms with van der Waals surface area (Å²) in [5, 5.41) is 5.52. The van der Waals surface area contributed by atoms with E-state index in [9.17, 15) is 14.4 Å². The molecule has 0 radical (unpaired) electrons. The molecule has 0 saturated carbocycles. The second kappa shape index (κ2) is 13.5. The van der Waals surface area contributed by atoms with Gasteiger partial charge >= 0.3 is 6.09 Å². The van der Waals surface area contributed by atoms with Crippen molar-refractivity contribution < 1.29 is 19.1 Å². The Morgan fingerprint density at radius 3 is 2.14 bits per heavy atom. The van der Waals surface area contributed by atoms with Gasteiger partial charge in [0.1, 0.15) is 18.2 Å². The molecule has 0 aliphatic carbocycles. The number of nitrogens with zero attached hydrogens (tertiary/aromatic N) is 1. The molecule has 0 aromatic heterocycles. The Morgan fingerprint density at radius 1 is 0.914 bits per heavy atom. The first-order valence-electron chi connectivity index (χ1n) is 12.3. The summed E-state index contributed by atoms with van der Waals surface area (Å²) in [5.41, 5.74) is 2.18. The fourth-order valence-electron chi connectivity index (χ4n) is 3.58. The third kappa shape index (κ3) is 9.43. The number of carbonyl (C=O) groups excluding carboxylic acids is 3. The summed E-state index contributed by atoms with van der Waals surface area (Å²) in [6.07, 6.45) is 1.80. The summed E-state index contributed by atoms with van der Waals surface area (Å²) >= 11 is 0. The van der Waals surface area contributed by atoms with Crippen molar-refractivity contribution in [3.63, 3.8) is 0 Å². The van der Waals surface area contributed by atoms with Crippen molar-refractivity contribution >= 4 is 17.9 Å². The van der Waals surface area contributed by atoms with Gasteiger partial charge in [0.2, 0.25) is 11.8 Å². The van der Waals surface area contributed by atoms with Crippen molar-refractivity contribution in [3.05, 3.63) is 71.3 Å². The maximum atomic E-state index is 13.5. The molecule has 0 aliphatic rings. The van der Waals surface area contributed by atoms with Crippen molar-refractivity contribution in [2.75, 3.05) is 13.1 Å². The second-order valence-electron chi connectivity index (χ2n) is 9.50. The van der Waals surface area contributed by atoms with Crippen LogP contribution in [0.1, 0.15) is 70.2 Å². The molecule has 0 saturated heterocycles. The Labute approximate surface area is 209 Å². The standard InChI is InChI=1S/C28H39N3O4/c1-6-8-18-31(24(32)20-30-27(34)35-28(3,4)5)25(23-16-14-21(7-2)15-17-23)26(33)29-19-22-12-10-9-11-13-22/h9-17,25H,6-8,18-20H2,1-5H3,(H,29,33)(H,30,34). The van der Waals surface area contributed by atoms with E-state index in [1.54, 1.807) is 25.7 Å². The normalized spacial score (nSPS) is 11.9. The highest BCUT2D eigenvalue weighted by molar-refractivity contribution is 5.90. The molecule has 7 heteroatoms. The maximum absolute atomic E-state index is 13.5. The molecule has 1 unspecified atom stereocenters. The second-order valence-corrected chi connectivity index (χ2v) is 9.50. The van der Waals surface area contributed by atoms with Gasteiger partial charge in [-0.2, -0.15) is 0 Å². The zero-order chi connectivity index (χ0) is 25.8. The highest BCUT2D eigenvalue weighted by atomic mass is 16.6. The Kier molecular flexibility index (Phi) is 10.8. The van der Waals surface area contributed by atoms with E-state index in [0.29, 0.717) is 13.1 Å². The Balaban J connectivity index is 2.28. The predicted molar refractivity (Wildman–Crippen MR) is 138 cm³/mol. The van der Waals surface area contributed by atoms with Gasteiger partial charge in [0.15, 0.2) is 0 Å². The summed E-state index contributed by atoms with van der Waals surface area (Å²) in [6, 6.07) is 16.6. The zero-order valence-corrected chi connectivity index (χ0v) is 21.6. The van der Waals surface area contributed by atoms with Gasteiger partial charge in [-0.05, 0) is 50.3 Å². The monoisotopic (exact) mass is 481 g/mol. The zero-order valence-electron chi connectivity index (χ0n) is 21.6. The van der Waals surface area contributed by atoms with Gasteiger partial charge in [0.05, 0.1) is 0 Å². The van der Waals surface area contributed by atoms with Crippen molar-refractivity contribution in [1.82, 2.24) is 15.5 Å².